The highest BCUT2D eigenvalue weighted by Crippen LogP contribution is 2.27. The van der Waals surface area contributed by atoms with Crippen LogP contribution in [0.3, 0.4) is 0 Å². The van der Waals surface area contributed by atoms with E-state index in [9.17, 15) is 13.2 Å². The number of sulfonamides is 1. The molecule has 0 spiro atoms. The van der Waals surface area contributed by atoms with Crippen molar-refractivity contribution in [1.82, 2.24) is 14.1 Å². The first-order valence-corrected chi connectivity index (χ1v) is 7.08. The molecule has 0 bridgehead atoms. The summed E-state index contributed by atoms with van der Waals surface area (Å²) in [5.74, 6) is -0.980. The van der Waals surface area contributed by atoms with Crippen LogP contribution in [-0.4, -0.2) is 46.2 Å². The molecule has 1 atom stereocenters. The van der Waals surface area contributed by atoms with Crippen molar-refractivity contribution in [3.63, 3.8) is 0 Å². The van der Waals surface area contributed by atoms with Crippen molar-refractivity contribution in [1.29, 1.82) is 0 Å². The highest BCUT2D eigenvalue weighted by molar-refractivity contribution is 7.89. The summed E-state index contributed by atoms with van der Waals surface area (Å²) in [6, 6.07) is 0.966. The SMILES string of the molecule is Cn1nccc1S(=O)(=O)N1CCCC1CC(=O)O. The van der Waals surface area contributed by atoms with Crippen molar-refractivity contribution in [3.8, 4) is 0 Å². The molecule has 1 aliphatic rings. The standard InChI is InChI=1S/C10H15N3O4S/c1-12-9(4-5-11-12)18(16,17)13-6-2-3-8(13)7-10(14)15/h4-5,8H,2-3,6-7H2,1H3,(H,14,15). The van der Waals surface area contributed by atoms with Gasteiger partial charge in [-0.3, -0.25) is 9.48 Å². The van der Waals surface area contributed by atoms with Gasteiger partial charge in [-0.05, 0) is 18.9 Å². The highest BCUT2D eigenvalue weighted by Gasteiger charge is 2.37. The summed E-state index contributed by atoms with van der Waals surface area (Å²) in [7, 11) is -2.10. The Bertz CT molecular complexity index is 551. The second-order valence-electron chi connectivity index (χ2n) is 4.30. The van der Waals surface area contributed by atoms with Gasteiger partial charge in [0.05, 0.1) is 12.6 Å². The summed E-state index contributed by atoms with van der Waals surface area (Å²) >= 11 is 0. The van der Waals surface area contributed by atoms with Crippen molar-refractivity contribution in [2.24, 2.45) is 7.05 Å². The van der Waals surface area contributed by atoms with Gasteiger partial charge in [0.1, 0.15) is 0 Å². The van der Waals surface area contributed by atoms with E-state index in [1.165, 1.54) is 21.3 Å². The Labute approximate surface area is 105 Å². The van der Waals surface area contributed by atoms with Gasteiger partial charge in [-0.1, -0.05) is 0 Å². The van der Waals surface area contributed by atoms with Gasteiger partial charge in [0.15, 0.2) is 5.03 Å². The quantitative estimate of drug-likeness (QED) is 0.836. The summed E-state index contributed by atoms with van der Waals surface area (Å²) in [5, 5.41) is 12.7. The van der Waals surface area contributed by atoms with Crippen LogP contribution in [-0.2, 0) is 21.9 Å². The molecule has 8 heteroatoms. The van der Waals surface area contributed by atoms with Crippen LogP contribution in [0.4, 0.5) is 0 Å². The number of aromatic nitrogens is 2. The Morgan fingerprint density at radius 2 is 2.33 bits per heavy atom. The smallest absolute Gasteiger partial charge is 0.304 e. The van der Waals surface area contributed by atoms with Gasteiger partial charge in [0.2, 0.25) is 0 Å². The number of carboxylic acids is 1. The number of rotatable bonds is 4. The average molecular weight is 273 g/mol. The molecule has 1 aromatic heterocycles. The van der Waals surface area contributed by atoms with Crippen LogP contribution in [0.1, 0.15) is 19.3 Å². The van der Waals surface area contributed by atoms with Crippen LogP contribution in [0.5, 0.6) is 0 Å². The summed E-state index contributed by atoms with van der Waals surface area (Å²) < 4.78 is 27.3. The van der Waals surface area contributed by atoms with E-state index in [1.54, 1.807) is 7.05 Å². The number of hydrogen-bond acceptors (Lipinski definition) is 4. The summed E-state index contributed by atoms with van der Waals surface area (Å²) in [5.41, 5.74) is 0. The van der Waals surface area contributed by atoms with Gasteiger partial charge in [-0.25, -0.2) is 8.42 Å². The predicted octanol–water partition coefficient (Wildman–Crippen LogP) is 0.0479. The molecule has 2 rings (SSSR count). The maximum atomic E-state index is 12.4. The van der Waals surface area contributed by atoms with Crippen molar-refractivity contribution in [2.45, 2.75) is 30.3 Å². The molecule has 0 amide bonds. The molecule has 0 aromatic carbocycles. The number of carbonyl (C=O) groups is 1. The Balaban J connectivity index is 2.30. The van der Waals surface area contributed by atoms with E-state index in [2.05, 4.69) is 5.10 Å². The van der Waals surface area contributed by atoms with E-state index in [4.69, 9.17) is 5.11 Å². The van der Waals surface area contributed by atoms with Gasteiger partial charge in [-0.15, -0.1) is 0 Å². The monoisotopic (exact) mass is 273 g/mol. The molecule has 18 heavy (non-hydrogen) atoms. The fraction of sp³-hybridized carbons (Fsp3) is 0.600. The number of carboxylic acid groups (broad SMARTS) is 1. The topological polar surface area (TPSA) is 92.5 Å². The van der Waals surface area contributed by atoms with Crippen molar-refractivity contribution >= 4 is 16.0 Å². The Hall–Kier alpha value is -1.41. The number of hydrogen-bond donors (Lipinski definition) is 1. The minimum atomic E-state index is -3.65. The first-order valence-electron chi connectivity index (χ1n) is 5.64. The molecule has 0 radical (unpaired) electrons. The zero-order valence-electron chi connectivity index (χ0n) is 9.98. The fourth-order valence-corrected chi connectivity index (χ4v) is 4.06. The second kappa shape index (κ2) is 4.69. The maximum absolute atomic E-state index is 12.4. The fourth-order valence-electron chi connectivity index (χ4n) is 2.27. The Kier molecular flexibility index (Phi) is 3.40. The third kappa shape index (κ3) is 2.25. The van der Waals surface area contributed by atoms with E-state index in [-0.39, 0.29) is 11.4 Å². The van der Waals surface area contributed by atoms with E-state index in [0.29, 0.717) is 19.4 Å². The van der Waals surface area contributed by atoms with E-state index < -0.39 is 22.0 Å². The van der Waals surface area contributed by atoms with Crippen LogP contribution in [0.25, 0.3) is 0 Å². The van der Waals surface area contributed by atoms with Crippen LogP contribution in [0, 0.1) is 0 Å². The molecule has 1 N–H and O–H groups in total. The van der Waals surface area contributed by atoms with E-state index in [1.807, 2.05) is 0 Å². The van der Waals surface area contributed by atoms with E-state index >= 15 is 0 Å². The summed E-state index contributed by atoms with van der Waals surface area (Å²) in [6.07, 6.45) is 2.53. The molecule has 1 aromatic rings. The van der Waals surface area contributed by atoms with Crippen LogP contribution < -0.4 is 0 Å². The van der Waals surface area contributed by atoms with Gasteiger partial charge >= 0.3 is 5.97 Å². The minimum absolute atomic E-state index is 0.0970. The molecule has 1 fully saturated rings. The first kappa shape index (κ1) is 13.0. The lowest BCUT2D eigenvalue weighted by molar-refractivity contribution is -0.137. The van der Waals surface area contributed by atoms with Gasteiger partial charge in [-0.2, -0.15) is 9.40 Å². The molecule has 1 saturated heterocycles. The third-order valence-corrected chi connectivity index (χ3v) is 5.11. The predicted molar refractivity (Wildman–Crippen MR) is 62.4 cm³/mol. The van der Waals surface area contributed by atoms with Gasteiger partial charge < -0.3 is 5.11 Å². The molecule has 1 aliphatic heterocycles. The average Bonchev–Trinajstić information content (AvgIpc) is 2.86. The van der Waals surface area contributed by atoms with Crippen molar-refractivity contribution in [3.05, 3.63) is 12.3 Å². The Morgan fingerprint density at radius 1 is 1.61 bits per heavy atom. The molecule has 2 heterocycles. The lowest BCUT2D eigenvalue weighted by Crippen LogP contribution is -2.37. The molecule has 0 saturated carbocycles. The van der Waals surface area contributed by atoms with Gasteiger partial charge in [0, 0.05) is 19.6 Å². The second-order valence-corrected chi connectivity index (χ2v) is 6.14. The zero-order chi connectivity index (χ0) is 13.3. The maximum Gasteiger partial charge on any atom is 0.304 e. The normalized spacial score (nSPS) is 21.3. The van der Waals surface area contributed by atoms with E-state index in [0.717, 1.165) is 0 Å². The molecular formula is C10H15N3O4S. The van der Waals surface area contributed by atoms with Crippen LogP contribution in [0.2, 0.25) is 0 Å². The molecule has 100 valence electrons. The summed E-state index contributed by atoms with van der Waals surface area (Å²) in [4.78, 5) is 10.7. The van der Waals surface area contributed by atoms with Crippen LogP contribution in [0.15, 0.2) is 17.3 Å². The first-order chi connectivity index (χ1) is 8.43. The number of aliphatic carboxylic acids is 1. The zero-order valence-corrected chi connectivity index (χ0v) is 10.8. The largest absolute Gasteiger partial charge is 0.481 e. The third-order valence-electron chi connectivity index (χ3n) is 3.08. The summed E-state index contributed by atoms with van der Waals surface area (Å²) in [6.45, 7) is 0.367. The molecule has 7 nitrogen and oxygen atoms in total. The lowest BCUT2D eigenvalue weighted by Gasteiger charge is -2.22. The number of nitrogens with zero attached hydrogens (tertiary/aromatic N) is 3. The van der Waals surface area contributed by atoms with Crippen molar-refractivity contribution in [2.75, 3.05) is 6.54 Å². The molecule has 1 unspecified atom stereocenters. The minimum Gasteiger partial charge on any atom is -0.481 e. The van der Waals surface area contributed by atoms with Crippen LogP contribution >= 0.6 is 0 Å². The number of aryl methyl sites for hydroxylation is 1. The Morgan fingerprint density at radius 3 is 2.89 bits per heavy atom. The molecular weight excluding hydrogens is 258 g/mol. The highest BCUT2D eigenvalue weighted by atomic mass is 32.2. The van der Waals surface area contributed by atoms with Gasteiger partial charge in [0.25, 0.3) is 10.0 Å². The van der Waals surface area contributed by atoms with Crippen molar-refractivity contribution < 1.29 is 18.3 Å². The molecule has 0 aliphatic carbocycles. The lowest BCUT2D eigenvalue weighted by atomic mass is 10.2.